The number of aliphatic carboxylic acids is 1. The standard InChI is InChI=1S/C12H16N2O3S/c1-2-5-13-6-3-4-9(13)11(15)14-8-18-7-10(14)12(16)17/h3-4,6,10H,2,5,7-8H2,1H3,(H,16,17)/t10-/m0/s1. The fourth-order valence-corrected chi connectivity index (χ4v) is 3.18. The lowest BCUT2D eigenvalue weighted by molar-refractivity contribution is -0.140. The Balaban J connectivity index is 2.20. The third-order valence-corrected chi connectivity index (χ3v) is 3.95. The van der Waals surface area contributed by atoms with Gasteiger partial charge in [0.05, 0.1) is 5.88 Å². The van der Waals surface area contributed by atoms with Gasteiger partial charge in [0, 0.05) is 18.5 Å². The second kappa shape index (κ2) is 5.48. The maximum absolute atomic E-state index is 12.3. The van der Waals surface area contributed by atoms with E-state index in [1.807, 2.05) is 23.8 Å². The molecule has 2 rings (SSSR count). The number of nitrogens with zero attached hydrogens (tertiary/aromatic N) is 2. The van der Waals surface area contributed by atoms with Crippen LogP contribution in [-0.4, -0.2) is 44.1 Å². The van der Waals surface area contributed by atoms with Gasteiger partial charge in [-0.25, -0.2) is 4.79 Å². The number of rotatable bonds is 4. The Morgan fingerprint density at radius 2 is 2.33 bits per heavy atom. The van der Waals surface area contributed by atoms with Gasteiger partial charge in [-0.2, -0.15) is 0 Å². The normalized spacial score (nSPS) is 19.2. The van der Waals surface area contributed by atoms with Crippen LogP contribution < -0.4 is 0 Å². The molecular formula is C12H16N2O3S. The minimum Gasteiger partial charge on any atom is -0.480 e. The lowest BCUT2D eigenvalue weighted by Crippen LogP contribution is -2.42. The third-order valence-electron chi connectivity index (χ3n) is 2.94. The zero-order valence-electron chi connectivity index (χ0n) is 10.2. The van der Waals surface area contributed by atoms with E-state index in [1.165, 1.54) is 16.7 Å². The van der Waals surface area contributed by atoms with Crippen LogP contribution in [0.2, 0.25) is 0 Å². The van der Waals surface area contributed by atoms with Gasteiger partial charge in [-0.05, 0) is 18.6 Å². The molecule has 0 saturated carbocycles. The number of hydrogen-bond acceptors (Lipinski definition) is 3. The van der Waals surface area contributed by atoms with E-state index >= 15 is 0 Å². The van der Waals surface area contributed by atoms with Crippen molar-refractivity contribution in [3.63, 3.8) is 0 Å². The van der Waals surface area contributed by atoms with Crippen molar-refractivity contribution < 1.29 is 14.7 Å². The average Bonchev–Trinajstić information content (AvgIpc) is 2.96. The summed E-state index contributed by atoms with van der Waals surface area (Å²) >= 11 is 1.48. The first-order valence-electron chi connectivity index (χ1n) is 5.91. The number of carbonyl (C=O) groups is 2. The Morgan fingerprint density at radius 1 is 1.56 bits per heavy atom. The van der Waals surface area contributed by atoms with E-state index in [2.05, 4.69) is 0 Å². The molecule has 0 bridgehead atoms. The number of carboxylic acids is 1. The van der Waals surface area contributed by atoms with Crippen LogP contribution >= 0.6 is 11.8 Å². The molecule has 0 unspecified atom stereocenters. The fraction of sp³-hybridized carbons (Fsp3) is 0.500. The quantitative estimate of drug-likeness (QED) is 0.899. The maximum atomic E-state index is 12.3. The summed E-state index contributed by atoms with van der Waals surface area (Å²) < 4.78 is 1.88. The van der Waals surface area contributed by atoms with Gasteiger partial charge in [-0.1, -0.05) is 6.92 Å². The molecule has 1 fully saturated rings. The molecule has 1 N–H and O–H groups in total. The largest absolute Gasteiger partial charge is 0.480 e. The maximum Gasteiger partial charge on any atom is 0.327 e. The molecular weight excluding hydrogens is 252 g/mol. The second-order valence-electron chi connectivity index (χ2n) is 4.22. The van der Waals surface area contributed by atoms with Crippen molar-refractivity contribution in [3.8, 4) is 0 Å². The van der Waals surface area contributed by atoms with E-state index in [0.29, 0.717) is 17.3 Å². The summed E-state index contributed by atoms with van der Waals surface area (Å²) in [6.45, 7) is 2.81. The van der Waals surface area contributed by atoms with Gasteiger partial charge in [0.2, 0.25) is 0 Å². The predicted octanol–water partition coefficient (Wildman–Crippen LogP) is 1.50. The summed E-state index contributed by atoms with van der Waals surface area (Å²) in [4.78, 5) is 24.9. The molecule has 6 heteroatoms. The average molecular weight is 268 g/mol. The Hall–Kier alpha value is -1.43. The zero-order chi connectivity index (χ0) is 13.1. The van der Waals surface area contributed by atoms with Gasteiger partial charge in [0.25, 0.3) is 5.91 Å². The first kappa shape index (κ1) is 13.0. The Labute approximate surface area is 110 Å². The molecule has 18 heavy (non-hydrogen) atoms. The number of carboxylic acid groups (broad SMARTS) is 1. The summed E-state index contributed by atoms with van der Waals surface area (Å²) in [5, 5.41) is 9.09. The fourth-order valence-electron chi connectivity index (χ4n) is 2.04. The van der Waals surface area contributed by atoms with Crippen molar-refractivity contribution >= 4 is 23.6 Å². The summed E-state index contributed by atoms with van der Waals surface area (Å²) in [6, 6.07) is 2.87. The zero-order valence-corrected chi connectivity index (χ0v) is 11.0. The second-order valence-corrected chi connectivity index (χ2v) is 5.22. The first-order chi connectivity index (χ1) is 8.65. The van der Waals surface area contributed by atoms with Gasteiger partial charge in [-0.3, -0.25) is 4.79 Å². The molecule has 0 spiro atoms. The van der Waals surface area contributed by atoms with Crippen molar-refractivity contribution in [1.29, 1.82) is 0 Å². The summed E-state index contributed by atoms with van der Waals surface area (Å²) in [5.41, 5.74) is 0.575. The highest BCUT2D eigenvalue weighted by atomic mass is 32.2. The summed E-state index contributed by atoms with van der Waals surface area (Å²) in [5.74, 6) is -0.198. The van der Waals surface area contributed by atoms with Crippen LogP contribution in [0.5, 0.6) is 0 Å². The van der Waals surface area contributed by atoms with Gasteiger partial charge in [0.15, 0.2) is 0 Å². The smallest absolute Gasteiger partial charge is 0.327 e. The number of carbonyl (C=O) groups excluding carboxylic acids is 1. The van der Waals surface area contributed by atoms with E-state index in [0.717, 1.165) is 13.0 Å². The van der Waals surface area contributed by atoms with Crippen LogP contribution in [0, 0.1) is 0 Å². The Bertz CT molecular complexity index is 458. The van der Waals surface area contributed by atoms with E-state index in [-0.39, 0.29) is 5.91 Å². The van der Waals surface area contributed by atoms with Crippen LogP contribution in [0.3, 0.4) is 0 Å². The molecule has 0 aromatic carbocycles. The van der Waals surface area contributed by atoms with E-state index in [9.17, 15) is 9.59 Å². The minimum absolute atomic E-state index is 0.189. The number of aryl methyl sites for hydroxylation is 1. The number of hydrogen-bond donors (Lipinski definition) is 1. The lowest BCUT2D eigenvalue weighted by Gasteiger charge is -2.21. The topological polar surface area (TPSA) is 62.5 Å². The van der Waals surface area contributed by atoms with Gasteiger partial charge in [0.1, 0.15) is 11.7 Å². The number of thioether (sulfide) groups is 1. The molecule has 1 aliphatic rings. The minimum atomic E-state index is -0.929. The highest BCUT2D eigenvalue weighted by Crippen LogP contribution is 2.23. The molecule has 0 radical (unpaired) electrons. The van der Waals surface area contributed by atoms with E-state index < -0.39 is 12.0 Å². The van der Waals surface area contributed by atoms with E-state index in [1.54, 1.807) is 6.07 Å². The molecule has 1 atom stereocenters. The molecule has 1 saturated heterocycles. The monoisotopic (exact) mass is 268 g/mol. The highest BCUT2D eigenvalue weighted by molar-refractivity contribution is 7.99. The SMILES string of the molecule is CCCn1cccc1C(=O)N1CSC[C@H]1C(=O)O. The summed E-state index contributed by atoms with van der Waals surface area (Å²) in [6.07, 6.45) is 2.79. The van der Waals surface area contributed by atoms with Gasteiger partial charge < -0.3 is 14.6 Å². The predicted molar refractivity (Wildman–Crippen MR) is 69.6 cm³/mol. The molecule has 98 valence electrons. The van der Waals surface area contributed by atoms with E-state index in [4.69, 9.17) is 5.11 Å². The molecule has 1 aromatic heterocycles. The molecule has 0 aliphatic carbocycles. The van der Waals surface area contributed by atoms with Gasteiger partial charge >= 0.3 is 5.97 Å². The third kappa shape index (κ3) is 2.38. The van der Waals surface area contributed by atoms with Crippen LogP contribution in [-0.2, 0) is 11.3 Å². The van der Waals surface area contributed by atoms with Gasteiger partial charge in [-0.15, -0.1) is 11.8 Å². The summed E-state index contributed by atoms with van der Waals surface area (Å²) in [7, 11) is 0. The van der Waals surface area contributed by atoms with Crippen LogP contribution in [0.25, 0.3) is 0 Å². The Morgan fingerprint density at radius 3 is 3.00 bits per heavy atom. The van der Waals surface area contributed by atoms with Crippen LogP contribution in [0.1, 0.15) is 23.8 Å². The Kier molecular flexibility index (Phi) is 3.96. The molecule has 1 amide bonds. The van der Waals surface area contributed by atoms with Crippen molar-refractivity contribution in [1.82, 2.24) is 9.47 Å². The van der Waals surface area contributed by atoms with Crippen molar-refractivity contribution in [2.75, 3.05) is 11.6 Å². The van der Waals surface area contributed by atoms with Crippen molar-refractivity contribution in [2.45, 2.75) is 25.9 Å². The van der Waals surface area contributed by atoms with Crippen molar-refractivity contribution in [2.24, 2.45) is 0 Å². The highest BCUT2D eigenvalue weighted by Gasteiger charge is 2.35. The number of aromatic nitrogens is 1. The first-order valence-corrected chi connectivity index (χ1v) is 7.07. The molecule has 5 nitrogen and oxygen atoms in total. The molecule has 1 aliphatic heterocycles. The molecule has 2 heterocycles. The number of amides is 1. The van der Waals surface area contributed by atoms with Crippen molar-refractivity contribution in [3.05, 3.63) is 24.0 Å². The lowest BCUT2D eigenvalue weighted by atomic mass is 10.2. The molecule has 1 aromatic rings. The van der Waals surface area contributed by atoms with Crippen LogP contribution in [0.4, 0.5) is 0 Å². The van der Waals surface area contributed by atoms with Crippen LogP contribution in [0.15, 0.2) is 18.3 Å².